The first-order chi connectivity index (χ1) is 15.4. The zero-order chi connectivity index (χ0) is 23.1. The zero-order valence-corrected chi connectivity index (χ0v) is 17.8. The summed E-state index contributed by atoms with van der Waals surface area (Å²) in [5.74, 6) is -1.78. The van der Waals surface area contributed by atoms with Crippen molar-refractivity contribution < 1.29 is 33.4 Å². The van der Waals surface area contributed by atoms with E-state index in [-0.39, 0.29) is 23.4 Å². The number of benzene rings is 2. The Kier molecular flexibility index (Phi) is 7.43. The number of rotatable bonds is 6. The van der Waals surface area contributed by atoms with Crippen molar-refractivity contribution >= 4 is 29.6 Å². The molecule has 1 aliphatic rings. The molecule has 9 heteroatoms. The van der Waals surface area contributed by atoms with Gasteiger partial charge in [0, 0.05) is 12.2 Å². The summed E-state index contributed by atoms with van der Waals surface area (Å²) in [5, 5.41) is 2.68. The zero-order valence-electron chi connectivity index (χ0n) is 17.8. The number of ether oxygens (including phenoxy) is 3. The number of nitrogens with one attached hydrogen (secondary N) is 1. The van der Waals surface area contributed by atoms with E-state index in [1.54, 1.807) is 0 Å². The first kappa shape index (κ1) is 22.8. The van der Waals surface area contributed by atoms with E-state index in [1.807, 2.05) is 30.3 Å². The van der Waals surface area contributed by atoms with Gasteiger partial charge in [0.15, 0.2) is 0 Å². The Morgan fingerprint density at radius 1 is 0.969 bits per heavy atom. The molecule has 0 spiro atoms. The van der Waals surface area contributed by atoms with E-state index in [0.29, 0.717) is 19.4 Å². The lowest BCUT2D eigenvalue weighted by molar-refractivity contribution is -0.120. The van der Waals surface area contributed by atoms with Crippen LogP contribution < -0.4 is 5.32 Å². The quantitative estimate of drug-likeness (QED) is 0.543. The van der Waals surface area contributed by atoms with Gasteiger partial charge in [-0.2, -0.15) is 0 Å². The van der Waals surface area contributed by atoms with E-state index in [1.165, 1.54) is 37.3 Å². The monoisotopic (exact) mass is 440 g/mol. The van der Waals surface area contributed by atoms with Gasteiger partial charge < -0.3 is 19.5 Å². The summed E-state index contributed by atoms with van der Waals surface area (Å²) >= 11 is 0. The molecule has 32 heavy (non-hydrogen) atoms. The van der Waals surface area contributed by atoms with Gasteiger partial charge in [-0.1, -0.05) is 30.3 Å². The lowest BCUT2D eigenvalue weighted by Crippen LogP contribution is -2.43. The number of carbonyl (C=O) groups is 4. The average molecular weight is 440 g/mol. The third kappa shape index (κ3) is 5.42. The van der Waals surface area contributed by atoms with Crippen molar-refractivity contribution in [1.29, 1.82) is 0 Å². The normalized spacial score (nSPS) is 15.1. The Bertz CT molecular complexity index is 972. The third-order valence-electron chi connectivity index (χ3n) is 5.04. The Labute approximate surface area is 185 Å². The van der Waals surface area contributed by atoms with Gasteiger partial charge in [-0.25, -0.2) is 14.4 Å². The lowest BCUT2D eigenvalue weighted by atomic mass is 10.1. The minimum absolute atomic E-state index is 0.0799. The summed E-state index contributed by atoms with van der Waals surface area (Å²) in [6.45, 7) is 0.496. The smallest absolute Gasteiger partial charge is 0.410 e. The predicted octanol–water partition coefficient (Wildman–Crippen LogP) is 3.00. The second-order valence-corrected chi connectivity index (χ2v) is 7.16. The number of hydrogen-bond donors (Lipinski definition) is 1. The molecule has 2 aromatic carbocycles. The molecule has 1 saturated heterocycles. The molecule has 1 fully saturated rings. The van der Waals surface area contributed by atoms with Crippen LogP contribution in [0, 0.1) is 0 Å². The van der Waals surface area contributed by atoms with Crippen LogP contribution in [-0.4, -0.2) is 55.6 Å². The Hall–Kier alpha value is -3.88. The molecule has 0 aromatic heterocycles. The van der Waals surface area contributed by atoms with Crippen LogP contribution in [0.3, 0.4) is 0 Å². The summed E-state index contributed by atoms with van der Waals surface area (Å²) in [7, 11) is 2.42. The molecular formula is C23H24N2O7. The molecule has 0 saturated carbocycles. The number of carbonyl (C=O) groups excluding carboxylic acids is 4. The van der Waals surface area contributed by atoms with Gasteiger partial charge in [0.25, 0.3) is 0 Å². The van der Waals surface area contributed by atoms with Crippen LogP contribution in [0.15, 0.2) is 48.5 Å². The van der Waals surface area contributed by atoms with Crippen molar-refractivity contribution in [3.05, 3.63) is 65.2 Å². The average Bonchev–Trinajstić information content (AvgIpc) is 3.32. The van der Waals surface area contributed by atoms with Gasteiger partial charge in [-0.05, 0) is 36.6 Å². The van der Waals surface area contributed by atoms with Gasteiger partial charge in [0.2, 0.25) is 5.91 Å². The topological polar surface area (TPSA) is 111 Å². The van der Waals surface area contributed by atoms with E-state index in [2.05, 4.69) is 5.32 Å². The number of hydrogen-bond acceptors (Lipinski definition) is 7. The van der Waals surface area contributed by atoms with Gasteiger partial charge in [0.1, 0.15) is 12.6 Å². The van der Waals surface area contributed by atoms with Gasteiger partial charge in [-0.3, -0.25) is 9.69 Å². The summed E-state index contributed by atoms with van der Waals surface area (Å²) in [6, 6.07) is 12.6. The van der Waals surface area contributed by atoms with Gasteiger partial charge >= 0.3 is 18.0 Å². The summed E-state index contributed by atoms with van der Waals surface area (Å²) in [6.07, 6.45) is 0.533. The Morgan fingerprint density at radius 2 is 1.59 bits per heavy atom. The number of esters is 2. The number of nitrogens with zero attached hydrogens (tertiary/aromatic N) is 1. The maximum Gasteiger partial charge on any atom is 0.410 e. The number of amides is 2. The standard InChI is InChI=1S/C23H24N2O7/c1-30-21(27)16-11-17(22(28)31-2)13-18(12-16)24-20(26)19-9-6-10-25(19)23(29)32-14-15-7-4-3-5-8-15/h3-5,7-8,11-13,19H,6,9-10,14H2,1-2H3,(H,24,26). The number of likely N-dealkylation sites (tertiary alicyclic amines) is 1. The van der Waals surface area contributed by atoms with Crippen LogP contribution in [0.2, 0.25) is 0 Å². The van der Waals surface area contributed by atoms with Crippen molar-refractivity contribution in [2.45, 2.75) is 25.5 Å². The van der Waals surface area contributed by atoms with Crippen molar-refractivity contribution in [3.8, 4) is 0 Å². The SMILES string of the molecule is COC(=O)c1cc(NC(=O)C2CCCN2C(=O)OCc2ccccc2)cc(C(=O)OC)c1. The molecule has 0 aliphatic carbocycles. The van der Waals surface area contributed by atoms with Crippen molar-refractivity contribution in [2.75, 3.05) is 26.1 Å². The highest BCUT2D eigenvalue weighted by molar-refractivity contribution is 6.01. The van der Waals surface area contributed by atoms with Crippen LogP contribution in [0.5, 0.6) is 0 Å². The van der Waals surface area contributed by atoms with E-state index in [4.69, 9.17) is 14.2 Å². The van der Waals surface area contributed by atoms with E-state index < -0.39 is 30.0 Å². The van der Waals surface area contributed by atoms with Crippen molar-refractivity contribution in [2.24, 2.45) is 0 Å². The molecule has 3 rings (SSSR count). The second-order valence-electron chi connectivity index (χ2n) is 7.16. The summed E-state index contributed by atoms with van der Waals surface area (Å²) in [4.78, 5) is 50.7. The molecule has 168 valence electrons. The molecule has 1 aliphatic heterocycles. The molecule has 9 nitrogen and oxygen atoms in total. The van der Waals surface area contributed by atoms with E-state index in [0.717, 1.165) is 5.56 Å². The highest BCUT2D eigenvalue weighted by Crippen LogP contribution is 2.22. The Balaban J connectivity index is 1.71. The van der Waals surface area contributed by atoms with Gasteiger partial charge in [0.05, 0.1) is 25.3 Å². The first-order valence-corrected chi connectivity index (χ1v) is 10.0. The van der Waals surface area contributed by atoms with Crippen LogP contribution in [-0.2, 0) is 25.6 Å². The molecule has 1 atom stereocenters. The second kappa shape index (κ2) is 10.4. The van der Waals surface area contributed by atoms with E-state index in [9.17, 15) is 19.2 Å². The third-order valence-corrected chi connectivity index (χ3v) is 5.04. The fourth-order valence-corrected chi connectivity index (χ4v) is 3.46. The molecule has 1 unspecified atom stereocenters. The summed E-state index contributed by atoms with van der Waals surface area (Å²) < 4.78 is 14.8. The maximum absolute atomic E-state index is 12.9. The fourth-order valence-electron chi connectivity index (χ4n) is 3.46. The summed E-state index contributed by atoms with van der Waals surface area (Å²) in [5.41, 5.74) is 1.21. The molecule has 2 aromatic rings. The van der Waals surface area contributed by atoms with Crippen LogP contribution in [0.25, 0.3) is 0 Å². The fraction of sp³-hybridized carbons (Fsp3) is 0.304. The number of anilines is 1. The largest absolute Gasteiger partial charge is 0.465 e. The Morgan fingerprint density at radius 3 is 2.19 bits per heavy atom. The predicted molar refractivity (Wildman–Crippen MR) is 114 cm³/mol. The van der Waals surface area contributed by atoms with Gasteiger partial charge in [-0.15, -0.1) is 0 Å². The lowest BCUT2D eigenvalue weighted by Gasteiger charge is -2.23. The minimum Gasteiger partial charge on any atom is -0.465 e. The molecule has 0 radical (unpaired) electrons. The minimum atomic E-state index is -0.735. The van der Waals surface area contributed by atoms with Crippen molar-refractivity contribution in [3.63, 3.8) is 0 Å². The number of methoxy groups -OCH3 is 2. The molecule has 1 heterocycles. The van der Waals surface area contributed by atoms with Crippen LogP contribution in [0.1, 0.15) is 39.1 Å². The van der Waals surface area contributed by atoms with Crippen molar-refractivity contribution in [1.82, 2.24) is 4.90 Å². The molecule has 0 bridgehead atoms. The van der Waals surface area contributed by atoms with Crippen LogP contribution in [0.4, 0.5) is 10.5 Å². The maximum atomic E-state index is 12.9. The van der Waals surface area contributed by atoms with Crippen LogP contribution >= 0.6 is 0 Å². The highest BCUT2D eigenvalue weighted by Gasteiger charge is 2.35. The highest BCUT2D eigenvalue weighted by atomic mass is 16.6. The molecular weight excluding hydrogens is 416 g/mol. The first-order valence-electron chi connectivity index (χ1n) is 10.0. The van der Waals surface area contributed by atoms with E-state index >= 15 is 0 Å². The molecule has 1 N–H and O–H groups in total. The molecule has 2 amide bonds.